The van der Waals surface area contributed by atoms with Crippen molar-refractivity contribution in [2.24, 2.45) is 10.7 Å². The molecule has 4 rings (SSSR count). The third kappa shape index (κ3) is 3.83. The van der Waals surface area contributed by atoms with E-state index in [4.69, 9.17) is 5.73 Å². The van der Waals surface area contributed by atoms with Crippen LogP contribution in [0, 0.1) is 0 Å². The average molecular weight is 379 g/mol. The van der Waals surface area contributed by atoms with E-state index < -0.39 is 6.04 Å². The van der Waals surface area contributed by atoms with Crippen LogP contribution in [0.2, 0.25) is 0 Å². The zero-order chi connectivity index (χ0) is 18.8. The lowest BCUT2D eigenvalue weighted by Gasteiger charge is -2.07. The normalized spacial score (nSPS) is 13.3. The van der Waals surface area contributed by atoms with Crippen LogP contribution in [-0.2, 0) is 11.3 Å². The highest BCUT2D eigenvalue weighted by Gasteiger charge is 2.12. The van der Waals surface area contributed by atoms with Crippen molar-refractivity contribution in [1.29, 1.82) is 0 Å². The fraction of sp³-hybridized carbons (Fsp3) is 0.167. The highest BCUT2D eigenvalue weighted by Crippen LogP contribution is 2.30. The van der Waals surface area contributed by atoms with E-state index in [2.05, 4.69) is 36.9 Å². The van der Waals surface area contributed by atoms with E-state index in [1.807, 2.05) is 24.4 Å². The molecule has 1 aromatic carbocycles. The van der Waals surface area contributed by atoms with E-state index in [9.17, 15) is 4.79 Å². The van der Waals surface area contributed by atoms with Crippen molar-refractivity contribution in [1.82, 2.24) is 15.2 Å². The van der Waals surface area contributed by atoms with Gasteiger partial charge in [0.15, 0.2) is 0 Å². The number of rotatable bonds is 5. The summed E-state index contributed by atoms with van der Waals surface area (Å²) < 4.78 is 0. The van der Waals surface area contributed by atoms with Crippen LogP contribution >= 0.6 is 11.3 Å². The lowest BCUT2D eigenvalue weighted by atomic mass is 10.1. The Labute approximate surface area is 159 Å². The zero-order valence-corrected chi connectivity index (χ0v) is 15.3. The Bertz CT molecular complexity index is 1030. The van der Waals surface area contributed by atoms with E-state index in [1.54, 1.807) is 19.2 Å². The number of benzene rings is 1. The lowest BCUT2D eigenvalue weighted by molar-refractivity contribution is -0.117. The molecule has 0 unspecified atom stereocenters. The topological polar surface area (TPSA) is 118 Å². The summed E-state index contributed by atoms with van der Waals surface area (Å²) in [6.45, 7) is 2.36. The van der Waals surface area contributed by atoms with Crippen molar-refractivity contribution in [3.05, 3.63) is 47.7 Å². The molecule has 136 valence electrons. The number of nitrogens with one attached hydrogen (secondary N) is 2. The van der Waals surface area contributed by atoms with Gasteiger partial charge in [-0.2, -0.15) is 0 Å². The minimum Gasteiger partial charge on any atom is -0.330 e. The highest BCUT2D eigenvalue weighted by atomic mass is 32.1. The quantitative estimate of drug-likeness (QED) is 0.627. The first-order chi connectivity index (χ1) is 13.1. The molecule has 0 fully saturated rings. The number of carbonyl (C=O) groups excluding carboxylic acids is 1. The molecular weight excluding hydrogens is 362 g/mol. The zero-order valence-electron chi connectivity index (χ0n) is 14.5. The predicted molar refractivity (Wildman–Crippen MR) is 106 cm³/mol. The van der Waals surface area contributed by atoms with Gasteiger partial charge in [0.25, 0.3) is 0 Å². The van der Waals surface area contributed by atoms with Gasteiger partial charge in [0, 0.05) is 23.7 Å². The third-order valence-corrected chi connectivity index (χ3v) is 4.87. The second-order valence-corrected chi connectivity index (χ2v) is 7.11. The van der Waals surface area contributed by atoms with Gasteiger partial charge in [-0.15, -0.1) is 10.2 Å². The molecule has 0 radical (unpaired) electrons. The van der Waals surface area contributed by atoms with Gasteiger partial charge in [-0.1, -0.05) is 17.4 Å². The van der Waals surface area contributed by atoms with Gasteiger partial charge in [-0.25, -0.2) is 4.98 Å². The number of fused-ring (bicyclic) bond motifs is 1. The number of anilines is 3. The van der Waals surface area contributed by atoms with Crippen LogP contribution in [0.25, 0.3) is 10.6 Å². The molecule has 1 aliphatic heterocycles. The minimum atomic E-state index is -0.606. The molecule has 0 spiro atoms. The second-order valence-electron chi connectivity index (χ2n) is 6.13. The summed E-state index contributed by atoms with van der Waals surface area (Å²) in [5.41, 5.74) is 9.66. The Morgan fingerprint density at radius 2 is 2.15 bits per heavy atom. The van der Waals surface area contributed by atoms with E-state index in [0.29, 0.717) is 10.9 Å². The van der Waals surface area contributed by atoms with Gasteiger partial charge in [-0.3, -0.25) is 9.79 Å². The Morgan fingerprint density at radius 3 is 3.00 bits per heavy atom. The standard InChI is InChI=1S/C18H17N7OS/c1-10(19)16(26)23-15-7-11(4-5-21-15)17-24-25-18(27-17)22-14-3-2-12-8-20-9-13(12)6-14/h2-7,9-10H,8,19H2,1H3,(H,22,25)(H,21,23,26)/t10-/m0/s1. The number of pyridine rings is 1. The van der Waals surface area contributed by atoms with Gasteiger partial charge in [0.1, 0.15) is 10.8 Å². The summed E-state index contributed by atoms with van der Waals surface area (Å²) in [5, 5.41) is 15.8. The molecule has 8 nitrogen and oxygen atoms in total. The maximum atomic E-state index is 11.7. The van der Waals surface area contributed by atoms with Crippen molar-refractivity contribution < 1.29 is 4.79 Å². The van der Waals surface area contributed by atoms with Gasteiger partial charge in [-0.05, 0) is 42.3 Å². The first-order valence-corrected chi connectivity index (χ1v) is 9.16. The van der Waals surface area contributed by atoms with Gasteiger partial charge >= 0.3 is 0 Å². The molecule has 0 saturated carbocycles. The summed E-state index contributed by atoms with van der Waals surface area (Å²) in [7, 11) is 0. The Kier molecular flexibility index (Phi) is 4.61. The summed E-state index contributed by atoms with van der Waals surface area (Å²) in [6, 6.07) is 9.06. The average Bonchev–Trinajstić information content (AvgIpc) is 3.31. The number of aromatic nitrogens is 3. The number of hydrogen-bond donors (Lipinski definition) is 3. The largest absolute Gasteiger partial charge is 0.330 e. The van der Waals surface area contributed by atoms with Gasteiger partial charge in [0.2, 0.25) is 11.0 Å². The molecule has 3 heterocycles. The summed E-state index contributed by atoms with van der Waals surface area (Å²) in [5.74, 6) is 0.136. The van der Waals surface area contributed by atoms with E-state index in [0.717, 1.165) is 28.4 Å². The molecule has 1 atom stereocenters. The molecule has 0 aliphatic carbocycles. The second kappa shape index (κ2) is 7.22. The fourth-order valence-electron chi connectivity index (χ4n) is 2.57. The maximum absolute atomic E-state index is 11.7. The highest BCUT2D eigenvalue weighted by molar-refractivity contribution is 7.18. The summed E-state index contributed by atoms with van der Waals surface area (Å²) in [4.78, 5) is 20.1. The lowest BCUT2D eigenvalue weighted by Crippen LogP contribution is -2.32. The van der Waals surface area contributed by atoms with Crippen LogP contribution in [0.1, 0.15) is 18.1 Å². The molecular formula is C18H17N7OS. The number of carbonyl (C=O) groups is 1. The van der Waals surface area contributed by atoms with Crippen LogP contribution in [0.3, 0.4) is 0 Å². The van der Waals surface area contributed by atoms with Crippen molar-refractivity contribution in [2.75, 3.05) is 10.6 Å². The van der Waals surface area contributed by atoms with E-state index in [-0.39, 0.29) is 5.91 Å². The van der Waals surface area contributed by atoms with Crippen molar-refractivity contribution in [3.63, 3.8) is 0 Å². The monoisotopic (exact) mass is 379 g/mol. The number of hydrogen-bond acceptors (Lipinski definition) is 8. The number of nitrogens with zero attached hydrogens (tertiary/aromatic N) is 4. The van der Waals surface area contributed by atoms with E-state index in [1.165, 1.54) is 16.9 Å². The van der Waals surface area contributed by atoms with Crippen LogP contribution in [-0.4, -0.2) is 33.3 Å². The van der Waals surface area contributed by atoms with Gasteiger partial charge in [0.05, 0.1) is 12.6 Å². The SMILES string of the molecule is C[C@H](N)C(=O)Nc1cc(-c2nnc(Nc3ccc4c(c3)C=NC4)s2)ccn1. The summed E-state index contributed by atoms with van der Waals surface area (Å²) in [6.07, 6.45) is 3.49. The third-order valence-electron chi connectivity index (χ3n) is 3.99. The van der Waals surface area contributed by atoms with Crippen molar-refractivity contribution in [3.8, 4) is 10.6 Å². The van der Waals surface area contributed by atoms with Gasteiger partial charge < -0.3 is 16.4 Å². The number of nitrogens with two attached hydrogens (primary N) is 1. The molecule has 0 bridgehead atoms. The van der Waals surface area contributed by atoms with Crippen LogP contribution in [0.15, 0.2) is 41.5 Å². The molecule has 2 aromatic heterocycles. The number of aliphatic imine (C=N–C) groups is 1. The molecule has 0 saturated heterocycles. The Hall–Kier alpha value is -3.17. The van der Waals surface area contributed by atoms with Crippen LogP contribution < -0.4 is 16.4 Å². The molecule has 1 amide bonds. The van der Waals surface area contributed by atoms with E-state index >= 15 is 0 Å². The first-order valence-electron chi connectivity index (χ1n) is 8.34. The number of amides is 1. The minimum absolute atomic E-state index is 0.292. The molecule has 4 N–H and O–H groups in total. The molecule has 1 aliphatic rings. The Balaban J connectivity index is 1.51. The molecule has 27 heavy (non-hydrogen) atoms. The van der Waals surface area contributed by atoms with Crippen molar-refractivity contribution >= 4 is 40.1 Å². The summed E-state index contributed by atoms with van der Waals surface area (Å²) >= 11 is 1.42. The smallest absolute Gasteiger partial charge is 0.242 e. The van der Waals surface area contributed by atoms with Crippen LogP contribution in [0.4, 0.5) is 16.6 Å². The van der Waals surface area contributed by atoms with Crippen LogP contribution in [0.5, 0.6) is 0 Å². The predicted octanol–water partition coefficient (Wildman–Crippen LogP) is 2.56. The first kappa shape index (κ1) is 17.3. The molecule has 9 heteroatoms. The maximum Gasteiger partial charge on any atom is 0.242 e. The van der Waals surface area contributed by atoms with Crippen molar-refractivity contribution in [2.45, 2.75) is 19.5 Å². The molecule has 3 aromatic rings. The fourth-order valence-corrected chi connectivity index (χ4v) is 3.33. The Morgan fingerprint density at radius 1 is 1.26 bits per heavy atom.